The van der Waals surface area contributed by atoms with Gasteiger partial charge in [0.2, 0.25) is 5.91 Å². The highest BCUT2D eigenvalue weighted by atomic mass is 32.1. The van der Waals surface area contributed by atoms with Gasteiger partial charge in [-0.15, -0.1) is 11.3 Å². The first-order valence-electron chi connectivity index (χ1n) is 6.60. The number of rotatable bonds is 7. The van der Waals surface area contributed by atoms with Crippen LogP contribution in [0.2, 0.25) is 0 Å². The number of thiophene rings is 1. The third-order valence-electron chi connectivity index (χ3n) is 2.82. The van der Waals surface area contributed by atoms with E-state index in [2.05, 4.69) is 15.2 Å². The molecule has 1 amide bonds. The van der Waals surface area contributed by atoms with Gasteiger partial charge in [-0.2, -0.15) is 5.10 Å². The van der Waals surface area contributed by atoms with Gasteiger partial charge in [-0.25, -0.2) is 0 Å². The van der Waals surface area contributed by atoms with Crippen molar-refractivity contribution in [2.75, 3.05) is 12.4 Å². The van der Waals surface area contributed by atoms with Crippen LogP contribution >= 0.6 is 11.3 Å². The fourth-order valence-electron chi connectivity index (χ4n) is 1.80. The van der Waals surface area contributed by atoms with Crippen molar-refractivity contribution in [3.05, 3.63) is 34.7 Å². The van der Waals surface area contributed by atoms with Gasteiger partial charge in [0.1, 0.15) is 0 Å². The molecule has 0 atom stereocenters. The lowest BCUT2D eigenvalue weighted by Gasteiger charge is -2.02. The van der Waals surface area contributed by atoms with E-state index in [1.807, 2.05) is 17.5 Å². The fourth-order valence-corrected chi connectivity index (χ4v) is 2.50. The fraction of sp³-hybridized carbons (Fsp3) is 0.357. The number of hydrogen-bond donors (Lipinski definition) is 1. The minimum Gasteiger partial charge on any atom is -0.469 e. The molecule has 21 heavy (non-hydrogen) atoms. The van der Waals surface area contributed by atoms with E-state index in [0.717, 1.165) is 4.88 Å². The summed E-state index contributed by atoms with van der Waals surface area (Å²) in [5.74, 6) is 0.207. The Morgan fingerprint density at radius 1 is 1.43 bits per heavy atom. The van der Waals surface area contributed by atoms with Gasteiger partial charge in [0, 0.05) is 30.1 Å². The van der Waals surface area contributed by atoms with Crippen molar-refractivity contribution in [1.82, 2.24) is 9.78 Å². The van der Waals surface area contributed by atoms with Crippen molar-refractivity contribution in [1.29, 1.82) is 0 Å². The van der Waals surface area contributed by atoms with Gasteiger partial charge in [-0.05, 0) is 17.9 Å². The molecule has 0 unspecified atom stereocenters. The van der Waals surface area contributed by atoms with Gasteiger partial charge in [-0.1, -0.05) is 6.07 Å². The quantitative estimate of drug-likeness (QED) is 0.795. The first-order valence-corrected chi connectivity index (χ1v) is 7.48. The summed E-state index contributed by atoms with van der Waals surface area (Å²) in [7, 11) is 1.37. The number of carbonyl (C=O) groups excluding carboxylic acids is 2. The number of nitrogens with zero attached hydrogens (tertiary/aromatic N) is 2. The Hall–Kier alpha value is -2.15. The summed E-state index contributed by atoms with van der Waals surface area (Å²) in [6.07, 6.45) is 3.14. The lowest BCUT2D eigenvalue weighted by molar-refractivity contribution is -0.140. The molecular formula is C14H17N3O3S. The molecule has 7 heteroatoms. The van der Waals surface area contributed by atoms with Crippen molar-refractivity contribution in [2.45, 2.75) is 25.8 Å². The number of amides is 1. The minimum atomic E-state index is -0.230. The van der Waals surface area contributed by atoms with E-state index in [4.69, 9.17) is 0 Å². The zero-order chi connectivity index (χ0) is 15.1. The van der Waals surface area contributed by atoms with Gasteiger partial charge in [-0.3, -0.25) is 14.3 Å². The zero-order valence-corrected chi connectivity index (χ0v) is 12.6. The van der Waals surface area contributed by atoms with Gasteiger partial charge in [0.25, 0.3) is 0 Å². The highest BCUT2D eigenvalue weighted by molar-refractivity contribution is 7.10. The first kappa shape index (κ1) is 15.2. The van der Waals surface area contributed by atoms with E-state index in [1.54, 1.807) is 28.3 Å². The molecule has 2 rings (SSSR count). The average molecular weight is 307 g/mol. The highest BCUT2D eigenvalue weighted by Crippen LogP contribution is 2.11. The van der Waals surface area contributed by atoms with E-state index < -0.39 is 0 Å². The molecule has 0 saturated carbocycles. The number of methoxy groups -OCH3 is 1. The molecule has 0 aliphatic heterocycles. The number of aromatic nitrogens is 2. The predicted octanol–water partition coefficient (Wildman–Crippen LogP) is 2.08. The Bertz CT molecular complexity index is 592. The molecule has 0 saturated heterocycles. The molecule has 2 aromatic rings. The van der Waals surface area contributed by atoms with E-state index in [1.165, 1.54) is 7.11 Å². The molecule has 0 aliphatic carbocycles. The summed E-state index contributed by atoms with van der Waals surface area (Å²) in [5.41, 5.74) is 0. The standard InChI is InChI=1S/C14H17N3O3S/c1-20-14(19)5-2-7-17-8-6-12(16-17)15-13(18)10-11-4-3-9-21-11/h3-4,6,8-9H,2,5,7,10H2,1H3,(H,15,16,18). The van der Waals surface area contributed by atoms with Crippen LogP contribution in [0, 0.1) is 0 Å². The first-order chi connectivity index (χ1) is 10.2. The molecule has 6 nitrogen and oxygen atoms in total. The normalized spacial score (nSPS) is 10.3. The molecular weight excluding hydrogens is 290 g/mol. The smallest absolute Gasteiger partial charge is 0.305 e. The SMILES string of the molecule is COC(=O)CCCn1ccc(NC(=O)Cc2cccs2)n1. The van der Waals surface area contributed by atoms with Crippen molar-refractivity contribution in [2.24, 2.45) is 0 Å². The summed E-state index contributed by atoms with van der Waals surface area (Å²) in [5, 5.41) is 8.94. The summed E-state index contributed by atoms with van der Waals surface area (Å²) in [4.78, 5) is 23.8. The maximum Gasteiger partial charge on any atom is 0.305 e. The predicted molar refractivity (Wildman–Crippen MR) is 80.1 cm³/mol. The number of anilines is 1. The average Bonchev–Trinajstić information content (AvgIpc) is 3.10. The van der Waals surface area contributed by atoms with Crippen LogP contribution in [0.5, 0.6) is 0 Å². The second-order valence-electron chi connectivity index (χ2n) is 4.45. The third kappa shape index (κ3) is 5.03. The van der Waals surface area contributed by atoms with Crippen LogP contribution < -0.4 is 5.32 Å². The number of nitrogens with one attached hydrogen (secondary N) is 1. The lowest BCUT2D eigenvalue weighted by Crippen LogP contribution is -2.14. The minimum absolute atomic E-state index is 0.0859. The molecule has 0 radical (unpaired) electrons. The molecule has 0 fully saturated rings. The second kappa shape index (κ2) is 7.58. The molecule has 0 aromatic carbocycles. The Kier molecular flexibility index (Phi) is 5.51. The Labute approximate surface area is 126 Å². The number of ether oxygens (including phenoxy) is 1. The molecule has 0 aliphatic rings. The van der Waals surface area contributed by atoms with E-state index >= 15 is 0 Å². The van der Waals surface area contributed by atoms with Crippen LogP contribution in [0.15, 0.2) is 29.8 Å². The zero-order valence-electron chi connectivity index (χ0n) is 11.7. The second-order valence-corrected chi connectivity index (χ2v) is 5.48. The summed E-state index contributed by atoms with van der Waals surface area (Å²) in [6.45, 7) is 0.607. The monoisotopic (exact) mass is 307 g/mol. The Balaban J connectivity index is 1.77. The van der Waals surface area contributed by atoms with Crippen LogP contribution in [0.4, 0.5) is 5.82 Å². The molecule has 2 heterocycles. The summed E-state index contributed by atoms with van der Waals surface area (Å²) >= 11 is 1.55. The van der Waals surface area contributed by atoms with Crippen molar-refractivity contribution < 1.29 is 14.3 Å². The third-order valence-corrected chi connectivity index (χ3v) is 3.70. The lowest BCUT2D eigenvalue weighted by atomic mass is 10.3. The molecule has 2 aromatic heterocycles. The van der Waals surface area contributed by atoms with Gasteiger partial charge < -0.3 is 10.1 Å². The van der Waals surface area contributed by atoms with Crippen LogP contribution in [0.1, 0.15) is 17.7 Å². The van der Waals surface area contributed by atoms with Crippen LogP contribution in [-0.4, -0.2) is 28.8 Å². The highest BCUT2D eigenvalue weighted by Gasteiger charge is 2.07. The maximum absolute atomic E-state index is 11.8. The van der Waals surface area contributed by atoms with Crippen LogP contribution in [0.25, 0.3) is 0 Å². The van der Waals surface area contributed by atoms with E-state index in [0.29, 0.717) is 31.6 Å². The molecule has 0 bridgehead atoms. The number of esters is 1. The largest absolute Gasteiger partial charge is 0.469 e. The maximum atomic E-state index is 11.8. The summed E-state index contributed by atoms with van der Waals surface area (Å²) in [6, 6.07) is 5.59. The topological polar surface area (TPSA) is 73.2 Å². The van der Waals surface area contributed by atoms with Crippen molar-refractivity contribution >= 4 is 29.0 Å². The number of aryl methyl sites for hydroxylation is 1. The number of hydrogen-bond acceptors (Lipinski definition) is 5. The molecule has 112 valence electrons. The number of carbonyl (C=O) groups is 2. The molecule has 1 N–H and O–H groups in total. The van der Waals surface area contributed by atoms with Crippen LogP contribution in [0.3, 0.4) is 0 Å². The van der Waals surface area contributed by atoms with Gasteiger partial charge >= 0.3 is 5.97 Å². The van der Waals surface area contributed by atoms with Gasteiger partial charge in [0.15, 0.2) is 5.82 Å². The van der Waals surface area contributed by atoms with Crippen molar-refractivity contribution in [3.8, 4) is 0 Å². The van der Waals surface area contributed by atoms with E-state index in [9.17, 15) is 9.59 Å². The van der Waals surface area contributed by atoms with Gasteiger partial charge in [0.05, 0.1) is 13.5 Å². The summed E-state index contributed by atoms with van der Waals surface area (Å²) < 4.78 is 6.27. The van der Waals surface area contributed by atoms with Crippen LogP contribution in [-0.2, 0) is 27.3 Å². The molecule has 0 spiro atoms. The van der Waals surface area contributed by atoms with E-state index in [-0.39, 0.29) is 11.9 Å². The Morgan fingerprint density at radius 3 is 3.00 bits per heavy atom. The van der Waals surface area contributed by atoms with Crippen molar-refractivity contribution in [3.63, 3.8) is 0 Å². The Morgan fingerprint density at radius 2 is 2.29 bits per heavy atom.